The Morgan fingerprint density at radius 3 is 2.66 bits per heavy atom. The number of aryl methyl sites for hydroxylation is 1. The lowest BCUT2D eigenvalue weighted by Gasteiger charge is -2.37. The lowest BCUT2D eigenvalue weighted by Crippen LogP contribution is -2.47. The van der Waals surface area contributed by atoms with Crippen LogP contribution in [0.15, 0.2) is 42.5 Å². The summed E-state index contributed by atoms with van der Waals surface area (Å²) < 4.78 is 5.35. The first-order chi connectivity index (χ1) is 15.6. The average Bonchev–Trinajstić information content (AvgIpc) is 3.69. The number of nitrogens with zero attached hydrogens (tertiary/aromatic N) is 3. The fourth-order valence-corrected chi connectivity index (χ4v) is 4.95. The van der Waals surface area contributed by atoms with Gasteiger partial charge in [0.05, 0.1) is 13.2 Å². The molecule has 1 N–H and O–H groups in total. The van der Waals surface area contributed by atoms with E-state index in [2.05, 4.69) is 28.0 Å². The number of amides is 1. The number of carbonyl (C=O) groups is 1. The van der Waals surface area contributed by atoms with Crippen LogP contribution in [0.5, 0.6) is 5.75 Å². The van der Waals surface area contributed by atoms with Crippen molar-refractivity contribution >= 4 is 17.3 Å². The standard InChI is InChI=1S/C26H33N3O3/c1-32-23-6-2-5-22(17-23)28-14-12-27(13-15-28)18-25(30)21-9-10-24-20(16-21)4-3-11-29(24)26(31)19-7-8-19/h2,5-6,9-10,16-17,19,25,30H,3-4,7-8,11-15,18H2,1H3. The molecule has 0 aromatic heterocycles. The molecule has 1 atom stereocenters. The highest BCUT2D eigenvalue weighted by Crippen LogP contribution is 2.36. The zero-order chi connectivity index (χ0) is 22.1. The van der Waals surface area contributed by atoms with Crippen LogP contribution in [0.1, 0.15) is 36.5 Å². The summed E-state index contributed by atoms with van der Waals surface area (Å²) in [7, 11) is 1.70. The lowest BCUT2D eigenvalue weighted by atomic mass is 9.96. The third-order valence-corrected chi connectivity index (χ3v) is 7.02. The summed E-state index contributed by atoms with van der Waals surface area (Å²) >= 11 is 0. The Labute approximate surface area is 190 Å². The number of fused-ring (bicyclic) bond motifs is 1. The molecule has 32 heavy (non-hydrogen) atoms. The number of aliphatic hydroxyl groups excluding tert-OH is 1. The van der Waals surface area contributed by atoms with Crippen molar-refractivity contribution in [2.75, 3.05) is 56.2 Å². The van der Waals surface area contributed by atoms with E-state index < -0.39 is 6.10 Å². The molecule has 2 aliphatic heterocycles. The fraction of sp³-hybridized carbons (Fsp3) is 0.500. The van der Waals surface area contributed by atoms with E-state index in [1.54, 1.807) is 7.11 Å². The fourth-order valence-electron chi connectivity index (χ4n) is 4.95. The van der Waals surface area contributed by atoms with Gasteiger partial charge in [-0.15, -0.1) is 0 Å². The van der Waals surface area contributed by atoms with Gasteiger partial charge in [0.25, 0.3) is 0 Å². The molecule has 2 aromatic carbocycles. The van der Waals surface area contributed by atoms with Crippen LogP contribution in [0, 0.1) is 5.92 Å². The number of β-amino-alcohol motifs (C(OH)–C–C–N with tert-alkyl or cyclic N) is 1. The minimum atomic E-state index is -0.516. The third-order valence-electron chi connectivity index (χ3n) is 7.02. The molecule has 0 bridgehead atoms. The first kappa shape index (κ1) is 21.3. The molecule has 2 aromatic rings. The molecule has 5 rings (SSSR count). The number of aliphatic hydroxyl groups is 1. The molecule has 3 aliphatic rings. The van der Waals surface area contributed by atoms with Crippen LogP contribution < -0.4 is 14.5 Å². The SMILES string of the molecule is COc1cccc(N2CCN(CC(O)c3ccc4c(c3)CCCN4C(=O)C3CC3)CC2)c1. The van der Waals surface area contributed by atoms with Crippen LogP contribution >= 0.6 is 0 Å². The minimum absolute atomic E-state index is 0.238. The van der Waals surface area contributed by atoms with Crippen LogP contribution in [0.3, 0.4) is 0 Å². The van der Waals surface area contributed by atoms with Gasteiger partial charge in [-0.1, -0.05) is 18.2 Å². The molecular formula is C26H33N3O3. The second-order valence-corrected chi connectivity index (χ2v) is 9.26. The Bertz CT molecular complexity index is 967. The molecule has 1 saturated carbocycles. The number of methoxy groups -OCH3 is 1. The number of rotatable bonds is 6. The van der Waals surface area contributed by atoms with Gasteiger partial charge in [0.15, 0.2) is 0 Å². The Hall–Kier alpha value is -2.57. The van der Waals surface area contributed by atoms with Crippen LogP contribution in [0.2, 0.25) is 0 Å². The van der Waals surface area contributed by atoms with Crippen LogP contribution in [0.4, 0.5) is 11.4 Å². The zero-order valence-electron chi connectivity index (χ0n) is 18.9. The predicted octanol–water partition coefficient (Wildman–Crippen LogP) is 3.24. The van der Waals surface area contributed by atoms with E-state index >= 15 is 0 Å². The molecule has 2 heterocycles. The first-order valence-corrected chi connectivity index (χ1v) is 11.9. The number of benzene rings is 2. The number of hydrogen-bond acceptors (Lipinski definition) is 5. The lowest BCUT2D eigenvalue weighted by molar-refractivity contribution is -0.119. The molecule has 6 heteroatoms. The van der Waals surface area contributed by atoms with Gasteiger partial charge in [-0.2, -0.15) is 0 Å². The van der Waals surface area contributed by atoms with Crippen molar-refractivity contribution in [1.82, 2.24) is 4.90 Å². The van der Waals surface area contributed by atoms with Crippen molar-refractivity contribution < 1.29 is 14.6 Å². The molecule has 170 valence electrons. The second kappa shape index (κ2) is 9.12. The van der Waals surface area contributed by atoms with E-state index in [9.17, 15) is 9.90 Å². The monoisotopic (exact) mass is 435 g/mol. The summed E-state index contributed by atoms with van der Waals surface area (Å²) in [5.74, 6) is 1.40. The van der Waals surface area contributed by atoms with Gasteiger partial charge < -0.3 is 19.6 Å². The summed E-state index contributed by atoms with van der Waals surface area (Å²) in [5, 5.41) is 10.9. The molecule has 1 unspecified atom stereocenters. The highest BCUT2D eigenvalue weighted by Gasteiger charge is 2.35. The average molecular weight is 436 g/mol. The minimum Gasteiger partial charge on any atom is -0.497 e. The number of ether oxygens (including phenoxy) is 1. The highest BCUT2D eigenvalue weighted by atomic mass is 16.5. The normalized spacial score (nSPS) is 20.1. The summed E-state index contributed by atoms with van der Waals surface area (Å²) in [5.41, 5.74) is 4.39. The molecular weight excluding hydrogens is 402 g/mol. The van der Waals surface area contributed by atoms with Crippen molar-refractivity contribution in [1.29, 1.82) is 0 Å². The van der Waals surface area contributed by atoms with Crippen molar-refractivity contribution in [3.05, 3.63) is 53.6 Å². The van der Waals surface area contributed by atoms with Gasteiger partial charge in [0.1, 0.15) is 5.75 Å². The zero-order valence-corrected chi connectivity index (χ0v) is 18.9. The van der Waals surface area contributed by atoms with Crippen molar-refractivity contribution in [2.45, 2.75) is 31.8 Å². The summed E-state index contributed by atoms with van der Waals surface area (Å²) in [6, 6.07) is 14.4. The van der Waals surface area contributed by atoms with E-state index in [4.69, 9.17) is 4.74 Å². The Morgan fingerprint density at radius 2 is 1.91 bits per heavy atom. The van der Waals surface area contributed by atoms with Gasteiger partial charge in [0, 0.05) is 62.6 Å². The molecule has 2 fully saturated rings. The molecule has 0 radical (unpaired) electrons. The summed E-state index contributed by atoms with van der Waals surface area (Å²) in [4.78, 5) is 19.3. The van der Waals surface area contributed by atoms with Crippen molar-refractivity contribution in [2.24, 2.45) is 5.92 Å². The van der Waals surface area contributed by atoms with Crippen LogP contribution in [0.25, 0.3) is 0 Å². The van der Waals surface area contributed by atoms with E-state index in [0.29, 0.717) is 6.54 Å². The Morgan fingerprint density at radius 1 is 1.09 bits per heavy atom. The van der Waals surface area contributed by atoms with Crippen LogP contribution in [-0.4, -0.2) is 62.3 Å². The molecule has 1 aliphatic carbocycles. The maximum Gasteiger partial charge on any atom is 0.230 e. The van der Waals surface area contributed by atoms with E-state index in [1.165, 1.54) is 11.3 Å². The highest BCUT2D eigenvalue weighted by molar-refractivity contribution is 5.97. The van der Waals surface area contributed by atoms with Crippen molar-refractivity contribution in [3.8, 4) is 5.75 Å². The number of piperazine rings is 1. The maximum absolute atomic E-state index is 12.6. The summed E-state index contributed by atoms with van der Waals surface area (Å²) in [6.45, 7) is 5.16. The van der Waals surface area contributed by atoms with E-state index in [1.807, 2.05) is 29.2 Å². The quantitative estimate of drug-likeness (QED) is 0.755. The van der Waals surface area contributed by atoms with E-state index in [-0.39, 0.29) is 11.8 Å². The van der Waals surface area contributed by atoms with Crippen LogP contribution in [-0.2, 0) is 11.2 Å². The molecule has 1 saturated heterocycles. The van der Waals surface area contributed by atoms with E-state index in [0.717, 1.165) is 75.4 Å². The molecule has 1 amide bonds. The predicted molar refractivity (Wildman–Crippen MR) is 126 cm³/mol. The smallest absolute Gasteiger partial charge is 0.230 e. The number of carbonyl (C=O) groups excluding carboxylic acids is 1. The van der Waals surface area contributed by atoms with Gasteiger partial charge >= 0.3 is 0 Å². The largest absolute Gasteiger partial charge is 0.497 e. The van der Waals surface area contributed by atoms with Gasteiger partial charge in [-0.25, -0.2) is 0 Å². The van der Waals surface area contributed by atoms with Gasteiger partial charge in [0.2, 0.25) is 5.91 Å². The van der Waals surface area contributed by atoms with Gasteiger partial charge in [-0.3, -0.25) is 9.69 Å². The topological polar surface area (TPSA) is 56.2 Å². The first-order valence-electron chi connectivity index (χ1n) is 11.9. The number of hydrogen-bond donors (Lipinski definition) is 1. The van der Waals surface area contributed by atoms with Gasteiger partial charge in [-0.05, 0) is 55.0 Å². The maximum atomic E-state index is 12.6. The number of anilines is 2. The molecule has 6 nitrogen and oxygen atoms in total. The third kappa shape index (κ3) is 4.48. The van der Waals surface area contributed by atoms with Crippen molar-refractivity contribution in [3.63, 3.8) is 0 Å². The Balaban J connectivity index is 1.19. The summed E-state index contributed by atoms with van der Waals surface area (Å²) in [6.07, 6.45) is 3.53. The molecule has 0 spiro atoms. The second-order valence-electron chi connectivity index (χ2n) is 9.26. The Kier molecular flexibility index (Phi) is 6.07.